The number of hydrogen-bond acceptors (Lipinski definition) is 7. The molecule has 1 N–H and O–H groups in total. The molecular formula is C21H32ClN3O6S. The summed E-state index contributed by atoms with van der Waals surface area (Å²) in [7, 11) is -1.93. The number of carbonyl (C=O) groups is 2. The van der Waals surface area contributed by atoms with Crippen LogP contribution in [0.3, 0.4) is 0 Å². The summed E-state index contributed by atoms with van der Waals surface area (Å²) in [6, 6.07) is 6.42. The molecule has 2 atom stereocenters. The molecule has 2 heterocycles. The van der Waals surface area contributed by atoms with Gasteiger partial charge in [-0.3, -0.25) is 4.79 Å². The van der Waals surface area contributed by atoms with E-state index in [1.54, 1.807) is 21.9 Å². The minimum absolute atomic E-state index is 0. The van der Waals surface area contributed by atoms with Crippen LogP contribution in [0.1, 0.15) is 18.4 Å². The molecule has 2 aliphatic rings. The highest BCUT2D eigenvalue weighted by atomic mass is 35.5. The van der Waals surface area contributed by atoms with Crippen LogP contribution in [0.15, 0.2) is 29.2 Å². The first kappa shape index (κ1) is 26.4. The summed E-state index contributed by atoms with van der Waals surface area (Å²) in [5.74, 6) is -0.0794. The molecule has 0 aliphatic carbocycles. The van der Waals surface area contributed by atoms with Crippen molar-refractivity contribution in [3.05, 3.63) is 29.8 Å². The molecular weight excluding hydrogens is 458 g/mol. The Kier molecular flexibility index (Phi) is 9.75. The number of nitrogens with one attached hydrogen (secondary N) is 1. The fraction of sp³-hybridized carbons (Fsp3) is 0.619. The maximum absolute atomic E-state index is 13.0. The van der Waals surface area contributed by atoms with Crippen molar-refractivity contribution in [2.45, 2.75) is 36.2 Å². The lowest BCUT2D eigenvalue weighted by atomic mass is 10.1. The van der Waals surface area contributed by atoms with Crippen LogP contribution in [0, 0.1) is 0 Å². The normalized spacial score (nSPS) is 21.2. The van der Waals surface area contributed by atoms with Crippen molar-refractivity contribution in [1.82, 2.24) is 15.1 Å². The van der Waals surface area contributed by atoms with E-state index >= 15 is 0 Å². The predicted molar refractivity (Wildman–Crippen MR) is 122 cm³/mol. The molecule has 0 bridgehead atoms. The van der Waals surface area contributed by atoms with E-state index in [-0.39, 0.29) is 35.7 Å². The molecule has 2 unspecified atom stereocenters. The van der Waals surface area contributed by atoms with Crippen LogP contribution in [0.2, 0.25) is 0 Å². The van der Waals surface area contributed by atoms with E-state index in [0.29, 0.717) is 38.9 Å². The Morgan fingerprint density at radius 3 is 2.47 bits per heavy atom. The zero-order valence-corrected chi connectivity index (χ0v) is 20.1. The van der Waals surface area contributed by atoms with Crippen LogP contribution >= 0.6 is 12.4 Å². The summed E-state index contributed by atoms with van der Waals surface area (Å²) in [6.07, 6.45) is 3.11. The lowest BCUT2D eigenvalue weighted by Gasteiger charge is -2.40. The van der Waals surface area contributed by atoms with Gasteiger partial charge in [0.15, 0.2) is 9.84 Å². The fourth-order valence-electron chi connectivity index (χ4n) is 4.00. The van der Waals surface area contributed by atoms with Crippen molar-refractivity contribution < 1.29 is 27.5 Å². The van der Waals surface area contributed by atoms with E-state index in [4.69, 9.17) is 9.47 Å². The van der Waals surface area contributed by atoms with E-state index in [9.17, 15) is 18.0 Å². The van der Waals surface area contributed by atoms with Crippen molar-refractivity contribution in [2.24, 2.45) is 0 Å². The third-order valence-corrected chi connectivity index (χ3v) is 6.86. The number of benzene rings is 1. The minimum Gasteiger partial charge on any atom is -0.453 e. The van der Waals surface area contributed by atoms with E-state index in [1.165, 1.54) is 19.2 Å². The van der Waals surface area contributed by atoms with Gasteiger partial charge in [-0.05, 0) is 37.1 Å². The smallest absolute Gasteiger partial charge is 0.409 e. The van der Waals surface area contributed by atoms with Crippen LogP contribution in [0.4, 0.5) is 4.79 Å². The second-order valence-corrected chi connectivity index (χ2v) is 10.1. The van der Waals surface area contributed by atoms with Crippen LogP contribution in [0.5, 0.6) is 0 Å². The summed E-state index contributed by atoms with van der Waals surface area (Å²) in [6.45, 7) is 3.05. The molecule has 3 rings (SSSR count). The molecule has 0 radical (unpaired) electrons. The van der Waals surface area contributed by atoms with Crippen LogP contribution in [-0.4, -0.2) is 95.1 Å². The number of carbonyl (C=O) groups excluding carboxylic acids is 2. The van der Waals surface area contributed by atoms with Gasteiger partial charge in [0, 0.05) is 31.9 Å². The van der Waals surface area contributed by atoms with Gasteiger partial charge >= 0.3 is 6.09 Å². The average molecular weight is 490 g/mol. The van der Waals surface area contributed by atoms with E-state index < -0.39 is 15.9 Å². The lowest BCUT2D eigenvalue weighted by molar-refractivity contribution is -0.137. The Morgan fingerprint density at radius 1 is 1.16 bits per heavy atom. The van der Waals surface area contributed by atoms with Crippen LogP contribution < -0.4 is 5.32 Å². The van der Waals surface area contributed by atoms with Gasteiger partial charge in [0.25, 0.3) is 0 Å². The third kappa shape index (κ3) is 7.06. The summed E-state index contributed by atoms with van der Waals surface area (Å²) >= 11 is 0. The molecule has 180 valence electrons. The van der Waals surface area contributed by atoms with Crippen molar-refractivity contribution >= 4 is 34.2 Å². The van der Waals surface area contributed by atoms with E-state index in [2.05, 4.69) is 5.32 Å². The second-order valence-electron chi connectivity index (χ2n) is 8.08. The lowest BCUT2D eigenvalue weighted by Crippen LogP contribution is -2.58. The molecule has 2 amide bonds. The Bertz CT molecular complexity index is 874. The highest BCUT2D eigenvalue weighted by Gasteiger charge is 2.33. The van der Waals surface area contributed by atoms with Gasteiger partial charge < -0.3 is 24.6 Å². The minimum atomic E-state index is -3.28. The van der Waals surface area contributed by atoms with Crippen molar-refractivity contribution in [3.63, 3.8) is 0 Å². The largest absolute Gasteiger partial charge is 0.453 e. The first-order chi connectivity index (χ1) is 14.8. The Morgan fingerprint density at radius 2 is 1.88 bits per heavy atom. The average Bonchev–Trinajstić information content (AvgIpc) is 3.26. The molecule has 2 fully saturated rings. The summed E-state index contributed by atoms with van der Waals surface area (Å²) < 4.78 is 34.0. The number of methoxy groups -OCH3 is 1. The van der Waals surface area contributed by atoms with Gasteiger partial charge in [0.05, 0.1) is 37.7 Å². The molecule has 1 aromatic carbocycles. The molecule has 11 heteroatoms. The quantitative estimate of drug-likeness (QED) is 0.611. The number of amides is 2. The molecule has 2 aliphatic heterocycles. The monoisotopic (exact) mass is 489 g/mol. The van der Waals surface area contributed by atoms with E-state index in [1.807, 2.05) is 0 Å². The SMILES string of the molecule is COC(=O)N1CCN(C(=O)Cc2ccc(S(C)(=O)=O)cc2)C(COCC2CCCN2)C1.Cl. The van der Waals surface area contributed by atoms with Crippen molar-refractivity contribution in [1.29, 1.82) is 0 Å². The fourth-order valence-corrected chi connectivity index (χ4v) is 4.63. The molecule has 9 nitrogen and oxygen atoms in total. The molecule has 32 heavy (non-hydrogen) atoms. The summed E-state index contributed by atoms with van der Waals surface area (Å²) in [4.78, 5) is 28.6. The van der Waals surface area contributed by atoms with Crippen LogP contribution in [0.25, 0.3) is 0 Å². The number of piperazine rings is 1. The maximum atomic E-state index is 13.0. The van der Waals surface area contributed by atoms with Crippen LogP contribution in [-0.2, 0) is 30.5 Å². The first-order valence-electron chi connectivity index (χ1n) is 10.5. The summed E-state index contributed by atoms with van der Waals surface area (Å²) in [5, 5.41) is 3.38. The van der Waals surface area contributed by atoms with Gasteiger partial charge in [-0.2, -0.15) is 0 Å². The Balaban J connectivity index is 0.00000363. The van der Waals surface area contributed by atoms with Gasteiger partial charge in [0.1, 0.15) is 0 Å². The number of nitrogens with zero attached hydrogens (tertiary/aromatic N) is 2. The van der Waals surface area contributed by atoms with E-state index in [0.717, 1.165) is 31.2 Å². The zero-order valence-electron chi connectivity index (χ0n) is 18.5. The molecule has 0 saturated carbocycles. The third-order valence-electron chi connectivity index (χ3n) is 5.73. The van der Waals surface area contributed by atoms with Gasteiger partial charge in [0.2, 0.25) is 5.91 Å². The first-order valence-corrected chi connectivity index (χ1v) is 12.4. The summed E-state index contributed by atoms with van der Waals surface area (Å²) in [5.41, 5.74) is 0.739. The highest BCUT2D eigenvalue weighted by Crippen LogP contribution is 2.16. The zero-order chi connectivity index (χ0) is 22.4. The Hall–Kier alpha value is -1.88. The van der Waals surface area contributed by atoms with Gasteiger partial charge in [-0.1, -0.05) is 12.1 Å². The number of ether oxygens (including phenoxy) is 2. The van der Waals surface area contributed by atoms with Crippen molar-refractivity contribution in [2.75, 3.05) is 52.8 Å². The van der Waals surface area contributed by atoms with Gasteiger partial charge in [-0.15, -0.1) is 12.4 Å². The second kappa shape index (κ2) is 11.8. The molecule has 0 aromatic heterocycles. The number of halogens is 1. The molecule has 2 saturated heterocycles. The Labute approximate surface area is 195 Å². The predicted octanol–water partition coefficient (Wildman–Crippen LogP) is 1.10. The maximum Gasteiger partial charge on any atom is 0.409 e. The van der Waals surface area contributed by atoms with Crippen molar-refractivity contribution in [3.8, 4) is 0 Å². The molecule has 1 aromatic rings. The standard InChI is InChI=1S/C21H31N3O6S.ClH/c1-29-21(26)23-10-11-24(18(13-23)15-30-14-17-4-3-9-22-17)20(25)12-16-5-7-19(8-6-16)31(2,27)28;/h5-8,17-18,22H,3-4,9-15H2,1-2H3;1H. The topological polar surface area (TPSA) is 105 Å². The number of sulfone groups is 1. The highest BCUT2D eigenvalue weighted by molar-refractivity contribution is 7.90. The number of rotatable bonds is 7. The molecule has 0 spiro atoms. The van der Waals surface area contributed by atoms with Gasteiger partial charge in [-0.25, -0.2) is 13.2 Å². The number of hydrogen-bond donors (Lipinski definition) is 1.